The van der Waals surface area contributed by atoms with Gasteiger partial charge in [-0.1, -0.05) is 66.5 Å². The first-order valence-corrected chi connectivity index (χ1v) is 9.45. The molecule has 1 nitrogen and oxygen atoms in total. The molecule has 0 N–H and O–H groups in total. The Morgan fingerprint density at radius 2 is 2.00 bits per heavy atom. The van der Waals surface area contributed by atoms with E-state index in [4.69, 9.17) is 4.98 Å². The van der Waals surface area contributed by atoms with Gasteiger partial charge >= 0.3 is 0 Å². The van der Waals surface area contributed by atoms with Gasteiger partial charge in [0, 0.05) is 22.5 Å². The molecule has 1 aromatic heterocycles. The highest BCUT2D eigenvalue weighted by atomic mass is 79.9. The molecule has 0 fully saturated rings. The van der Waals surface area contributed by atoms with Gasteiger partial charge in [0.25, 0.3) is 0 Å². The molecule has 0 aliphatic heterocycles. The van der Waals surface area contributed by atoms with Crippen molar-refractivity contribution in [3.63, 3.8) is 0 Å². The lowest BCUT2D eigenvalue weighted by atomic mass is 9.93. The lowest BCUT2D eigenvalue weighted by Crippen LogP contribution is -2.13. The fraction of sp³-hybridized carbons (Fsp3) is 0.500. The van der Waals surface area contributed by atoms with Crippen LogP contribution in [0.2, 0.25) is 0 Å². The Bertz CT molecular complexity index is 583. The van der Waals surface area contributed by atoms with E-state index in [1.807, 2.05) is 0 Å². The standard InChI is InChI=1S/C18H24BrNS/c1-13-6-5-7-14(8-13)9-15(11-19)10-17-20-16(12-21-17)18(2,3)4/h5-8,12,15H,9-11H2,1-4H3. The van der Waals surface area contributed by atoms with Crippen LogP contribution in [0.15, 0.2) is 29.6 Å². The summed E-state index contributed by atoms with van der Waals surface area (Å²) in [6, 6.07) is 8.82. The number of thiazole rings is 1. The Hall–Kier alpha value is -0.670. The van der Waals surface area contributed by atoms with Crippen LogP contribution in [0.5, 0.6) is 0 Å². The SMILES string of the molecule is Cc1cccc(CC(CBr)Cc2nc(C(C)(C)C)cs2)c1. The summed E-state index contributed by atoms with van der Waals surface area (Å²) >= 11 is 5.47. The van der Waals surface area contributed by atoms with Crippen molar-refractivity contribution in [1.82, 2.24) is 4.98 Å². The molecular formula is C18H24BrNS. The van der Waals surface area contributed by atoms with Gasteiger partial charge in [0.15, 0.2) is 0 Å². The highest BCUT2D eigenvalue weighted by molar-refractivity contribution is 9.09. The number of alkyl halides is 1. The van der Waals surface area contributed by atoms with E-state index in [0.717, 1.165) is 18.2 Å². The van der Waals surface area contributed by atoms with Crippen molar-refractivity contribution < 1.29 is 0 Å². The van der Waals surface area contributed by atoms with Crippen LogP contribution in [0.25, 0.3) is 0 Å². The topological polar surface area (TPSA) is 12.9 Å². The molecule has 114 valence electrons. The van der Waals surface area contributed by atoms with E-state index in [-0.39, 0.29) is 5.41 Å². The molecule has 0 radical (unpaired) electrons. The predicted molar refractivity (Wildman–Crippen MR) is 96.7 cm³/mol. The van der Waals surface area contributed by atoms with Crippen LogP contribution < -0.4 is 0 Å². The van der Waals surface area contributed by atoms with E-state index in [2.05, 4.69) is 73.3 Å². The normalized spacial score (nSPS) is 13.4. The maximum atomic E-state index is 4.83. The highest BCUT2D eigenvalue weighted by Crippen LogP contribution is 2.26. The van der Waals surface area contributed by atoms with E-state index >= 15 is 0 Å². The number of rotatable bonds is 5. The van der Waals surface area contributed by atoms with E-state index in [1.165, 1.54) is 21.8 Å². The quantitative estimate of drug-likeness (QED) is 0.633. The molecule has 1 atom stereocenters. The van der Waals surface area contributed by atoms with Gasteiger partial charge in [0.2, 0.25) is 0 Å². The highest BCUT2D eigenvalue weighted by Gasteiger charge is 2.19. The molecule has 1 unspecified atom stereocenters. The first kappa shape index (κ1) is 16.7. The van der Waals surface area contributed by atoms with Crippen molar-refractivity contribution in [3.05, 3.63) is 51.5 Å². The van der Waals surface area contributed by atoms with Gasteiger partial charge in [-0.2, -0.15) is 0 Å². The third-order valence-corrected chi connectivity index (χ3v) is 5.40. The Morgan fingerprint density at radius 3 is 2.57 bits per heavy atom. The Balaban J connectivity index is 2.04. The number of hydrogen-bond donors (Lipinski definition) is 0. The van der Waals surface area contributed by atoms with Crippen LogP contribution in [-0.4, -0.2) is 10.3 Å². The van der Waals surface area contributed by atoms with Gasteiger partial charge < -0.3 is 0 Å². The minimum atomic E-state index is 0.148. The van der Waals surface area contributed by atoms with Gasteiger partial charge in [-0.3, -0.25) is 0 Å². The molecule has 0 amide bonds. The maximum Gasteiger partial charge on any atom is 0.0931 e. The van der Waals surface area contributed by atoms with Crippen molar-refractivity contribution in [3.8, 4) is 0 Å². The second-order valence-corrected chi connectivity index (χ2v) is 8.38. The van der Waals surface area contributed by atoms with E-state index in [9.17, 15) is 0 Å². The molecule has 1 aromatic carbocycles. The fourth-order valence-corrected chi connectivity index (χ4v) is 3.94. The number of hydrogen-bond acceptors (Lipinski definition) is 2. The average molecular weight is 366 g/mol. The number of aryl methyl sites for hydroxylation is 1. The molecule has 0 spiro atoms. The maximum absolute atomic E-state index is 4.83. The third-order valence-electron chi connectivity index (χ3n) is 3.61. The summed E-state index contributed by atoms with van der Waals surface area (Å²) < 4.78 is 0. The van der Waals surface area contributed by atoms with Gasteiger partial charge in [-0.25, -0.2) is 4.98 Å². The molecule has 2 rings (SSSR count). The zero-order chi connectivity index (χ0) is 15.5. The average Bonchev–Trinajstić information content (AvgIpc) is 2.86. The van der Waals surface area contributed by atoms with Gasteiger partial charge in [-0.05, 0) is 24.8 Å². The van der Waals surface area contributed by atoms with Gasteiger partial charge in [0.05, 0.1) is 10.7 Å². The molecule has 0 aliphatic carbocycles. The number of halogens is 1. The van der Waals surface area contributed by atoms with Crippen molar-refractivity contribution in [2.75, 3.05) is 5.33 Å². The summed E-state index contributed by atoms with van der Waals surface area (Å²) in [5.74, 6) is 0.603. The first-order chi connectivity index (χ1) is 9.88. The minimum absolute atomic E-state index is 0.148. The van der Waals surface area contributed by atoms with Crippen LogP contribution in [0.1, 0.15) is 42.6 Å². The summed E-state index contributed by atoms with van der Waals surface area (Å²) in [5, 5.41) is 4.50. The number of aromatic nitrogens is 1. The smallest absolute Gasteiger partial charge is 0.0931 e. The van der Waals surface area contributed by atoms with Crippen LogP contribution >= 0.6 is 27.3 Å². The van der Waals surface area contributed by atoms with Gasteiger partial charge in [-0.15, -0.1) is 11.3 Å². The number of nitrogens with zero attached hydrogens (tertiary/aromatic N) is 1. The molecule has 2 aromatic rings. The van der Waals surface area contributed by atoms with Crippen molar-refractivity contribution in [1.29, 1.82) is 0 Å². The van der Waals surface area contributed by atoms with Crippen LogP contribution in [0.4, 0.5) is 0 Å². The molecule has 0 saturated heterocycles. The lowest BCUT2D eigenvalue weighted by molar-refractivity contribution is 0.558. The second-order valence-electron chi connectivity index (χ2n) is 6.79. The van der Waals surface area contributed by atoms with Crippen LogP contribution in [-0.2, 0) is 18.3 Å². The number of benzene rings is 1. The Morgan fingerprint density at radius 1 is 1.24 bits per heavy atom. The summed E-state index contributed by atoms with van der Waals surface area (Å²) in [6.07, 6.45) is 2.16. The molecular weight excluding hydrogens is 342 g/mol. The van der Waals surface area contributed by atoms with Crippen LogP contribution in [0.3, 0.4) is 0 Å². The van der Waals surface area contributed by atoms with Crippen molar-refractivity contribution in [2.24, 2.45) is 5.92 Å². The summed E-state index contributed by atoms with van der Waals surface area (Å²) in [6.45, 7) is 8.82. The largest absolute Gasteiger partial charge is 0.246 e. The third kappa shape index (κ3) is 4.93. The van der Waals surface area contributed by atoms with Crippen molar-refractivity contribution >= 4 is 27.3 Å². The predicted octanol–water partition coefficient (Wildman–Crippen LogP) is 5.55. The molecule has 3 heteroatoms. The first-order valence-electron chi connectivity index (χ1n) is 7.45. The molecule has 0 bridgehead atoms. The summed E-state index contributed by atoms with van der Waals surface area (Å²) in [7, 11) is 0. The summed E-state index contributed by atoms with van der Waals surface area (Å²) in [4.78, 5) is 4.83. The molecule has 0 saturated carbocycles. The monoisotopic (exact) mass is 365 g/mol. The van der Waals surface area contributed by atoms with E-state index in [0.29, 0.717) is 5.92 Å². The van der Waals surface area contributed by atoms with Crippen LogP contribution in [0, 0.1) is 12.8 Å². The van der Waals surface area contributed by atoms with E-state index < -0.39 is 0 Å². The molecule has 1 heterocycles. The van der Waals surface area contributed by atoms with E-state index in [1.54, 1.807) is 11.3 Å². The van der Waals surface area contributed by atoms with Gasteiger partial charge in [0.1, 0.15) is 0 Å². The zero-order valence-electron chi connectivity index (χ0n) is 13.3. The second kappa shape index (κ2) is 7.06. The summed E-state index contributed by atoms with van der Waals surface area (Å²) in [5.41, 5.74) is 4.12. The lowest BCUT2D eigenvalue weighted by Gasteiger charge is -2.15. The fourth-order valence-electron chi connectivity index (χ4n) is 2.35. The zero-order valence-corrected chi connectivity index (χ0v) is 15.7. The Labute approximate surface area is 141 Å². The minimum Gasteiger partial charge on any atom is -0.246 e. The molecule has 21 heavy (non-hydrogen) atoms. The Kier molecular flexibility index (Phi) is 5.61. The van der Waals surface area contributed by atoms with Crippen molar-refractivity contribution in [2.45, 2.75) is 46.0 Å². The molecule has 0 aliphatic rings.